The van der Waals surface area contributed by atoms with Crippen LogP contribution in [-0.4, -0.2) is 0 Å². The molecule has 8 aromatic rings. The van der Waals surface area contributed by atoms with Gasteiger partial charge in [-0.3, -0.25) is 0 Å². The number of hydrogen-bond acceptors (Lipinski definition) is 0. The number of hydrogen-bond donors (Lipinski definition) is 0. The third-order valence-corrected chi connectivity index (χ3v) is 18.9. The van der Waals surface area contributed by atoms with Crippen molar-refractivity contribution in [2.24, 2.45) is 0 Å². The smallest absolute Gasteiger partial charge is 0.0620 e. The van der Waals surface area contributed by atoms with Crippen molar-refractivity contribution < 1.29 is 0 Å². The Morgan fingerprint density at radius 3 is 0.891 bits per heavy atom. The first kappa shape index (κ1) is 26.4. The molecule has 0 spiro atoms. The van der Waals surface area contributed by atoms with Gasteiger partial charge in [-0.25, -0.2) is 0 Å². The quantitative estimate of drug-likeness (QED) is 0.179. The van der Waals surface area contributed by atoms with E-state index in [1.54, 1.807) is 0 Å². The monoisotopic (exact) mass is 620 g/mol. The first-order valence-corrected chi connectivity index (χ1v) is 19.6. The molecule has 8 aromatic carbocycles. The highest BCUT2D eigenvalue weighted by molar-refractivity contribution is 8.03. The van der Waals surface area contributed by atoms with Crippen molar-refractivity contribution in [3.8, 4) is 11.1 Å². The Balaban J connectivity index is 1.51. The molecule has 46 heavy (non-hydrogen) atoms. The van der Waals surface area contributed by atoms with E-state index in [2.05, 4.69) is 182 Å². The summed E-state index contributed by atoms with van der Waals surface area (Å²) in [5.41, 5.74) is 2.91. The number of benzene rings is 8. The molecule has 0 radical (unpaired) electrons. The molecule has 0 amide bonds. The van der Waals surface area contributed by atoms with Crippen molar-refractivity contribution in [3.63, 3.8) is 0 Å². The van der Waals surface area contributed by atoms with E-state index in [0.29, 0.717) is 0 Å². The zero-order valence-electron chi connectivity index (χ0n) is 25.2. The van der Waals surface area contributed by atoms with E-state index in [0.717, 1.165) is 0 Å². The lowest BCUT2D eigenvalue weighted by Gasteiger charge is -2.40. The third kappa shape index (κ3) is 3.21. The summed E-state index contributed by atoms with van der Waals surface area (Å²) in [4.78, 5) is 0. The summed E-state index contributed by atoms with van der Waals surface area (Å²) in [6.07, 6.45) is 0. The van der Waals surface area contributed by atoms with Crippen molar-refractivity contribution in [2.75, 3.05) is 0 Å². The van der Waals surface area contributed by atoms with Crippen LogP contribution >= 0.6 is 14.5 Å². The van der Waals surface area contributed by atoms with E-state index in [-0.39, 0.29) is 0 Å². The molecule has 0 fully saturated rings. The summed E-state index contributed by atoms with van der Waals surface area (Å²) in [6.45, 7) is 0. The lowest BCUT2D eigenvalue weighted by Crippen LogP contribution is -2.47. The fourth-order valence-electron chi connectivity index (χ4n) is 8.60. The molecule has 0 nitrogen and oxygen atoms in total. The van der Waals surface area contributed by atoms with Crippen LogP contribution in [0, 0.1) is 0 Å². The standard InChI is InChI=1S/C44H30P2/c1-5-17-33(18-6-1)45(34-19-7-2-8-20-34)37-25-13-15-31-28-30-40-44(41(31)37)43-39(45)29-27-32-16-14-26-38(42(32)43)46(40,35-21-9-3-10-22-35)36-23-11-4-12-24-36/h1-30H/q+2. The minimum Gasteiger partial charge on any atom is -0.0620 e. The Morgan fingerprint density at radius 2 is 0.565 bits per heavy atom. The first-order valence-electron chi connectivity index (χ1n) is 16.0. The second-order valence-corrected chi connectivity index (χ2v) is 19.0. The van der Waals surface area contributed by atoms with Gasteiger partial charge in [0, 0.05) is 21.9 Å². The van der Waals surface area contributed by atoms with E-state index in [4.69, 9.17) is 0 Å². The Kier molecular flexibility index (Phi) is 5.63. The minimum atomic E-state index is -2.26. The fraction of sp³-hybridized carbons (Fsp3) is 0. The van der Waals surface area contributed by atoms with Crippen molar-refractivity contribution in [3.05, 3.63) is 182 Å². The maximum atomic E-state index is 2.49. The van der Waals surface area contributed by atoms with E-state index in [9.17, 15) is 0 Å². The Hall–Kier alpha value is -4.86. The van der Waals surface area contributed by atoms with Crippen LogP contribution in [0.25, 0.3) is 32.7 Å². The van der Waals surface area contributed by atoms with Crippen molar-refractivity contribution in [1.29, 1.82) is 0 Å². The summed E-state index contributed by atoms with van der Waals surface area (Å²) in [5.74, 6) is 0. The Morgan fingerprint density at radius 1 is 0.239 bits per heavy atom. The lowest BCUT2D eigenvalue weighted by atomic mass is 9.92. The molecule has 2 aliphatic rings. The summed E-state index contributed by atoms with van der Waals surface area (Å²) in [7, 11) is -4.53. The molecule has 0 saturated heterocycles. The summed E-state index contributed by atoms with van der Waals surface area (Å²) < 4.78 is 0. The molecule has 0 bridgehead atoms. The lowest BCUT2D eigenvalue weighted by molar-refractivity contribution is 1.69. The summed E-state index contributed by atoms with van der Waals surface area (Å²) in [6, 6.07) is 69.5. The SMILES string of the molecule is c1ccc([P+]2(c3ccccc3)c3ccc4cccc5c4c3-c3c(ccc4cccc2c34)[P+]5(c2ccccc2)c2ccccc2)cc1. The van der Waals surface area contributed by atoms with Gasteiger partial charge in [0.25, 0.3) is 0 Å². The predicted octanol–water partition coefficient (Wildman–Crippen LogP) is 7.53. The zero-order valence-corrected chi connectivity index (χ0v) is 27.0. The van der Waals surface area contributed by atoms with Gasteiger partial charge in [0.15, 0.2) is 0 Å². The molecular weight excluding hydrogens is 590 g/mol. The second kappa shape index (κ2) is 9.82. The average Bonchev–Trinajstić information content (AvgIpc) is 3.14. The normalized spacial score (nSPS) is 14.9. The van der Waals surface area contributed by atoms with Gasteiger partial charge in [0.1, 0.15) is 57.0 Å². The summed E-state index contributed by atoms with van der Waals surface area (Å²) in [5, 5.41) is 17.1. The van der Waals surface area contributed by atoms with Crippen LogP contribution in [0.4, 0.5) is 0 Å². The molecule has 0 saturated carbocycles. The molecule has 214 valence electrons. The molecule has 10 rings (SSSR count). The van der Waals surface area contributed by atoms with Crippen molar-refractivity contribution in [1.82, 2.24) is 0 Å². The van der Waals surface area contributed by atoms with E-state index in [1.165, 1.54) is 75.1 Å². The molecule has 0 unspecified atom stereocenters. The van der Waals surface area contributed by atoms with Gasteiger partial charge < -0.3 is 0 Å². The molecule has 0 N–H and O–H groups in total. The van der Waals surface area contributed by atoms with Crippen LogP contribution in [0.1, 0.15) is 0 Å². The van der Waals surface area contributed by atoms with E-state index in [1.807, 2.05) is 0 Å². The second-order valence-electron chi connectivity index (χ2n) is 12.4. The maximum absolute atomic E-state index is 2.49. The van der Waals surface area contributed by atoms with Crippen LogP contribution in [0.2, 0.25) is 0 Å². The average molecular weight is 621 g/mol. The van der Waals surface area contributed by atoms with Crippen molar-refractivity contribution in [2.45, 2.75) is 0 Å². The van der Waals surface area contributed by atoms with Crippen LogP contribution in [-0.2, 0) is 0 Å². The summed E-state index contributed by atoms with van der Waals surface area (Å²) >= 11 is 0. The maximum Gasteiger partial charge on any atom is 0.145 e. The fourth-order valence-corrected chi connectivity index (χ4v) is 17.9. The molecule has 0 aromatic heterocycles. The molecule has 2 aliphatic heterocycles. The largest absolute Gasteiger partial charge is 0.145 e. The zero-order chi connectivity index (χ0) is 30.3. The van der Waals surface area contributed by atoms with Crippen LogP contribution in [0.5, 0.6) is 0 Å². The molecule has 2 heterocycles. The van der Waals surface area contributed by atoms with Gasteiger partial charge >= 0.3 is 0 Å². The van der Waals surface area contributed by atoms with Crippen LogP contribution < -0.4 is 42.4 Å². The van der Waals surface area contributed by atoms with Gasteiger partial charge in [-0.1, -0.05) is 109 Å². The van der Waals surface area contributed by atoms with E-state index < -0.39 is 14.5 Å². The topological polar surface area (TPSA) is 0 Å². The number of rotatable bonds is 4. The molecular formula is C44H30P2+2. The van der Waals surface area contributed by atoms with Gasteiger partial charge in [-0.05, 0) is 83.6 Å². The van der Waals surface area contributed by atoms with Gasteiger partial charge in [0.05, 0.1) is 0 Å². The highest BCUT2D eigenvalue weighted by Crippen LogP contribution is 2.66. The van der Waals surface area contributed by atoms with Crippen LogP contribution in [0.3, 0.4) is 0 Å². The van der Waals surface area contributed by atoms with Crippen molar-refractivity contribution >= 4 is 78.5 Å². The predicted molar refractivity (Wildman–Crippen MR) is 204 cm³/mol. The highest BCUT2D eigenvalue weighted by Gasteiger charge is 2.60. The van der Waals surface area contributed by atoms with Gasteiger partial charge in [0.2, 0.25) is 0 Å². The molecule has 0 aliphatic carbocycles. The van der Waals surface area contributed by atoms with E-state index >= 15 is 0 Å². The minimum absolute atomic E-state index is 1.33. The molecule has 0 atom stereocenters. The molecule has 2 heteroatoms. The van der Waals surface area contributed by atoms with Crippen LogP contribution in [0.15, 0.2) is 182 Å². The third-order valence-electron chi connectivity index (χ3n) is 10.3. The highest BCUT2D eigenvalue weighted by atomic mass is 31.2. The Bertz CT molecular complexity index is 2200. The van der Waals surface area contributed by atoms with Gasteiger partial charge in [-0.2, -0.15) is 0 Å². The Labute approximate surface area is 270 Å². The van der Waals surface area contributed by atoms with Gasteiger partial charge in [-0.15, -0.1) is 0 Å². The first-order chi connectivity index (χ1) is 22.8.